The van der Waals surface area contributed by atoms with Gasteiger partial charge >= 0.3 is 0 Å². The van der Waals surface area contributed by atoms with E-state index < -0.39 is 11.9 Å². The summed E-state index contributed by atoms with van der Waals surface area (Å²) in [6.07, 6.45) is 2.93. The molecule has 0 spiro atoms. The number of hydrogen-bond donors (Lipinski definition) is 3. The molecule has 1 aliphatic rings. The molecule has 6 nitrogen and oxygen atoms in total. The van der Waals surface area contributed by atoms with Crippen molar-refractivity contribution >= 4 is 22.7 Å². The van der Waals surface area contributed by atoms with Crippen molar-refractivity contribution in [3.63, 3.8) is 0 Å². The molecule has 0 aliphatic carbocycles. The van der Waals surface area contributed by atoms with Crippen molar-refractivity contribution in [3.8, 4) is 0 Å². The first-order valence-corrected chi connectivity index (χ1v) is 9.65. The molecule has 0 radical (unpaired) electrons. The maximum Gasteiger partial charge on any atom is 0.237 e. The molecule has 2 heterocycles. The maximum absolute atomic E-state index is 14.3. The predicted octanol–water partition coefficient (Wildman–Crippen LogP) is 2.38. The third-order valence-electron chi connectivity index (χ3n) is 5.39. The van der Waals surface area contributed by atoms with Crippen molar-refractivity contribution in [2.75, 3.05) is 0 Å². The van der Waals surface area contributed by atoms with E-state index in [1.54, 1.807) is 18.2 Å². The van der Waals surface area contributed by atoms with Gasteiger partial charge in [-0.2, -0.15) is 0 Å². The van der Waals surface area contributed by atoms with Crippen LogP contribution in [0.15, 0.2) is 54.7 Å². The van der Waals surface area contributed by atoms with Gasteiger partial charge in [-0.25, -0.2) is 4.39 Å². The fraction of sp³-hybridized carbons (Fsp3) is 0.273. The lowest BCUT2D eigenvalue weighted by atomic mass is 9.91. The van der Waals surface area contributed by atoms with Gasteiger partial charge in [0.05, 0.1) is 6.04 Å². The number of halogens is 1. The number of fused-ring (bicyclic) bond motifs is 1. The molecule has 2 atom stereocenters. The molecule has 29 heavy (non-hydrogen) atoms. The molecule has 7 heteroatoms. The topological polar surface area (TPSA) is 89.2 Å². The minimum Gasteiger partial charge on any atom is -0.368 e. The molecule has 1 aliphatic heterocycles. The van der Waals surface area contributed by atoms with Crippen LogP contribution in [0.25, 0.3) is 10.9 Å². The van der Waals surface area contributed by atoms with Crippen LogP contribution in [0, 0.1) is 5.82 Å². The lowest BCUT2D eigenvalue weighted by molar-refractivity contribution is -0.124. The van der Waals surface area contributed by atoms with Crippen LogP contribution in [-0.4, -0.2) is 22.4 Å². The van der Waals surface area contributed by atoms with Crippen molar-refractivity contribution < 1.29 is 14.0 Å². The number of aromatic nitrogens is 1. The van der Waals surface area contributed by atoms with Gasteiger partial charge in [0.25, 0.3) is 0 Å². The minimum absolute atomic E-state index is 0.0747. The highest BCUT2D eigenvalue weighted by Gasteiger charge is 2.31. The summed E-state index contributed by atoms with van der Waals surface area (Å²) in [6.45, 7) is 0.635. The molecule has 1 aromatic heterocycles. The lowest BCUT2D eigenvalue weighted by Crippen LogP contribution is -2.48. The molecular formula is C22H23FN4O2. The summed E-state index contributed by atoms with van der Waals surface area (Å²) in [4.78, 5) is 23.3. The Morgan fingerprint density at radius 3 is 2.76 bits per heavy atom. The van der Waals surface area contributed by atoms with E-state index in [0.717, 1.165) is 16.5 Å². The van der Waals surface area contributed by atoms with Gasteiger partial charge in [0.15, 0.2) is 0 Å². The van der Waals surface area contributed by atoms with Gasteiger partial charge in [0.2, 0.25) is 11.8 Å². The van der Waals surface area contributed by atoms with Crippen molar-refractivity contribution in [2.45, 2.75) is 38.0 Å². The highest BCUT2D eigenvalue weighted by molar-refractivity contribution is 5.86. The number of amides is 2. The van der Waals surface area contributed by atoms with Gasteiger partial charge in [-0.1, -0.05) is 36.4 Å². The standard InChI is InChI=1S/C22H23FN4O2/c23-17-7-3-1-6-16(17)22-18(9-10-21(29)26-22)25-11-14-12-27(13-20(24)28)19-8-4-2-5-15(14)19/h1-8,12,18,22,25H,9-11,13H2,(H2,24,28)(H,26,29)/t18-,22+/m1/s1. The number of benzene rings is 2. The Balaban J connectivity index is 1.58. The normalized spacial score (nSPS) is 19.3. The number of nitrogens with two attached hydrogens (primary N) is 1. The second-order valence-corrected chi connectivity index (χ2v) is 7.36. The predicted molar refractivity (Wildman–Crippen MR) is 108 cm³/mol. The second-order valence-electron chi connectivity index (χ2n) is 7.36. The number of nitrogens with one attached hydrogen (secondary N) is 2. The average Bonchev–Trinajstić information content (AvgIpc) is 3.04. The van der Waals surface area contributed by atoms with E-state index in [-0.39, 0.29) is 24.3 Å². The summed E-state index contributed by atoms with van der Waals surface area (Å²) in [6, 6.07) is 13.8. The van der Waals surface area contributed by atoms with Crippen LogP contribution in [0.1, 0.15) is 30.0 Å². The summed E-state index contributed by atoms with van der Waals surface area (Å²) in [5, 5.41) is 7.43. The van der Waals surface area contributed by atoms with Crippen LogP contribution in [-0.2, 0) is 22.7 Å². The van der Waals surface area contributed by atoms with E-state index in [1.165, 1.54) is 6.07 Å². The summed E-state index contributed by atoms with van der Waals surface area (Å²) in [5.41, 5.74) is 7.81. The molecule has 4 rings (SSSR count). The summed E-state index contributed by atoms with van der Waals surface area (Å²) in [5.74, 6) is -0.807. The van der Waals surface area contributed by atoms with E-state index in [0.29, 0.717) is 24.9 Å². The van der Waals surface area contributed by atoms with Gasteiger partial charge in [-0.3, -0.25) is 9.59 Å². The molecule has 0 bridgehead atoms. The van der Waals surface area contributed by atoms with Crippen molar-refractivity contribution in [1.82, 2.24) is 15.2 Å². The highest BCUT2D eigenvalue weighted by Crippen LogP contribution is 2.27. The summed E-state index contributed by atoms with van der Waals surface area (Å²) in [7, 11) is 0. The monoisotopic (exact) mass is 394 g/mol. The van der Waals surface area contributed by atoms with Gasteiger partial charge in [0.1, 0.15) is 12.4 Å². The fourth-order valence-corrected chi connectivity index (χ4v) is 4.04. The Hall–Kier alpha value is -3.19. The average molecular weight is 394 g/mol. The van der Waals surface area contributed by atoms with Gasteiger partial charge in [-0.15, -0.1) is 0 Å². The Bertz CT molecular complexity index is 1060. The molecule has 2 amide bonds. The lowest BCUT2D eigenvalue weighted by Gasteiger charge is -2.33. The SMILES string of the molecule is NC(=O)Cn1cc(CN[C@@H]2CCC(=O)N[C@H]2c2ccccc2F)c2ccccc21. The number of para-hydroxylation sites is 1. The van der Waals surface area contributed by atoms with Crippen LogP contribution in [0.2, 0.25) is 0 Å². The molecule has 0 unspecified atom stereocenters. The Kier molecular flexibility index (Phi) is 5.31. The molecule has 2 aromatic carbocycles. The smallest absolute Gasteiger partial charge is 0.237 e. The van der Waals surface area contributed by atoms with Crippen LogP contribution >= 0.6 is 0 Å². The number of rotatable bonds is 6. The largest absolute Gasteiger partial charge is 0.368 e. The number of hydrogen-bond acceptors (Lipinski definition) is 3. The van der Waals surface area contributed by atoms with Gasteiger partial charge in [-0.05, 0) is 24.1 Å². The second kappa shape index (κ2) is 8.05. The van der Waals surface area contributed by atoms with Crippen molar-refractivity contribution in [2.24, 2.45) is 5.73 Å². The number of piperidine rings is 1. The molecule has 150 valence electrons. The maximum atomic E-state index is 14.3. The number of nitrogens with zero attached hydrogens (tertiary/aromatic N) is 1. The zero-order chi connectivity index (χ0) is 20.4. The Morgan fingerprint density at radius 2 is 1.97 bits per heavy atom. The molecule has 3 aromatic rings. The van der Waals surface area contributed by atoms with Gasteiger partial charge in [0, 0.05) is 41.7 Å². The number of carbonyl (C=O) groups is 2. The minimum atomic E-state index is -0.434. The first-order chi connectivity index (χ1) is 14.0. The molecule has 1 fully saturated rings. The first-order valence-electron chi connectivity index (χ1n) is 9.65. The van der Waals surface area contributed by atoms with Crippen LogP contribution in [0.4, 0.5) is 4.39 Å². The molecule has 1 saturated heterocycles. The molecule has 0 saturated carbocycles. The quantitative estimate of drug-likeness (QED) is 0.600. The zero-order valence-electron chi connectivity index (χ0n) is 15.9. The van der Waals surface area contributed by atoms with Crippen LogP contribution < -0.4 is 16.4 Å². The number of primary amides is 1. The molecule has 4 N–H and O–H groups in total. The third kappa shape index (κ3) is 4.00. The zero-order valence-corrected chi connectivity index (χ0v) is 15.9. The van der Waals surface area contributed by atoms with Crippen molar-refractivity contribution in [3.05, 3.63) is 71.7 Å². The van der Waals surface area contributed by atoms with E-state index in [2.05, 4.69) is 10.6 Å². The highest BCUT2D eigenvalue weighted by atomic mass is 19.1. The summed E-state index contributed by atoms with van der Waals surface area (Å²) < 4.78 is 16.2. The van der Waals surface area contributed by atoms with Gasteiger partial charge < -0.3 is 20.9 Å². The van der Waals surface area contributed by atoms with E-state index in [1.807, 2.05) is 35.0 Å². The Labute approximate surface area is 167 Å². The molecular weight excluding hydrogens is 371 g/mol. The van der Waals surface area contributed by atoms with Crippen LogP contribution in [0.5, 0.6) is 0 Å². The first kappa shape index (κ1) is 19.1. The summed E-state index contributed by atoms with van der Waals surface area (Å²) >= 11 is 0. The fourth-order valence-electron chi connectivity index (χ4n) is 4.04. The third-order valence-corrected chi connectivity index (χ3v) is 5.39. The number of carbonyl (C=O) groups excluding carboxylic acids is 2. The Morgan fingerprint density at radius 1 is 1.21 bits per heavy atom. The van der Waals surface area contributed by atoms with E-state index in [9.17, 15) is 14.0 Å². The van der Waals surface area contributed by atoms with E-state index >= 15 is 0 Å². The van der Waals surface area contributed by atoms with E-state index in [4.69, 9.17) is 5.73 Å². The van der Waals surface area contributed by atoms with Crippen molar-refractivity contribution in [1.29, 1.82) is 0 Å². The van der Waals surface area contributed by atoms with Crippen LogP contribution in [0.3, 0.4) is 0 Å².